The van der Waals surface area contributed by atoms with Crippen molar-refractivity contribution in [2.24, 2.45) is 5.84 Å². The van der Waals surface area contributed by atoms with Gasteiger partial charge in [-0.05, 0) is 54.3 Å². The zero-order valence-corrected chi connectivity index (χ0v) is 13.5. The van der Waals surface area contributed by atoms with Crippen LogP contribution in [-0.4, -0.2) is 7.11 Å². The molecule has 0 fully saturated rings. The van der Waals surface area contributed by atoms with Crippen molar-refractivity contribution in [2.75, 3.05) is 7.11 Å². The van der Waals surface area contributed by atoms with Crippen molar-refractivity contribution in [1.29, 1.82) is 0 Å². The van der Waals surface area contributed by atoms with Crippen LogP contribution in [0.3, 0.4) is 0 Å². The Kier molecular flexibility index (Phi) is 4.81. The Labute approximate surface area is 128 Å². The molecule has 0 aliphatic carbocycles. The van der Waals surface area contributed by atoms with E-state index in [-0.39, 0.29) is 6.04 Å². The summed E-state index contributed by atoms with van der Waals surface area (Å²) in [4.78, 5) is 0. The Morgan fingerprint density at radius 3 is 2.50 bits per heavy atom. The lowest BCUT2D eigenvalue weighted by Gasteiger charge is -2.22. The molecule has 0 aliphatic heterocycles. The second kappa shape index (κ2) is 6.39. The van der Waals surface area contributed by atoms with Gasteiger partial charge in [-0.1, -0.05) is 34.1 Å². The summed E-state index contributed by atoms with van der Waals surface area (Å²) in [6, 6.07) is 12.1. The van der Waals surface area contributed by atoms with E-state index in [0.717, 1.165) is 26.9 Å². The Hall–Kier alpha value is -1.36. The molecule has 2 rings (SSSR count). The van der Waals surface area contributed by atoms with Crippen LogP contribution in [0.1, 0.15) is 28.3 Å². The lowest BCUT2D eigenvalue weighted by molar-refractivity contribution is 0.414. The topological polar surface area (TPSA) is 47.3 Å². The maximum Gasteiger partial charge on any atom is 0.119 e. The van der Waals surface area contributed by atoms with Crippen LogP contribution in [0, 0.1) is 13.8 Å². The zero-order valence-electron chi connectivity index (χ0n) is 11.9. The number of ether oxygens (including phenoxy) is 1. The van der Waals surface area contributed by atoms with E-state index >= 15 is 0 Å². The quantitative estimate of drug-likeness (QED) is 0.663. The van der Waals surface area contributed by atoms with Crippen molar-refractivity contribution in [3.63, 3.8) is 0 Å². The van der Waals surface area contributed by atoms with E-state index < -0.39 is 0 Å². The van der Waals surface area contributed by atoms with Crippen LogP contribution in [-0.2, 0) is 0 Å². The van der Waals surface area contributed by atoms with Crippen molar-refractivity contribution < 1.29 is 4.74 Å². The van der Waals surface area contributed by atoms with Gasteiger partial charge in [-0.3, -0.25) is 5.84 Å². The van der Waals surface area contributed by atoms with E-state index in [9.17, 15) is 0 Å². The first-order valence-electron chi connectivity index (χ1n) is 6.44. The maximum atomic E-state index is 5.80. The highest BCUT2D eigenvalue weighted by Crippen LogP contribution is 2.31. The molecular formula is C16H19BrN2O. The number of hydrogen-bond donors (Lipinski definition) is 2. The second-order valence-electron chi connectivity index (χ2n) is 4.78. The van der Waals surface area contributed by atoms with E-state index in [0.29, 0.717) is 0 Å². The Morgan fingerprint density at radius 1 is 1.15 bits per heavy atom. The third-order valence-electron chi connectivity index (χ3n) is 3.58. The van der Waals surface area contributed by atoms with Gasteiger partial charge in [-0.15, -0.1) is 0 Å². The highest BCUT2D eigenvalue weighted by molar-refractivity contribution is 9.10. The molecule has 0 aliphatic rings. The summed E-state index contributed by atoms with van der Waals surface area (Å²) in [5, 5.41) is 0. The van der Waals surface area contributed by atoms with Gasteiger partial charge < -0.3 is 4.74 Å². The average molecular weight is 335 g/mol. The van der Waals surface area contributed by atoms with E-state index in [1.54, 1.807) is 7.11 Å². The Balaban J connectivity index is 2.50. The molecule has 0 aromatic heterocycles. The number of rotatable bonds is 4. The van der Waals surface area contributed by atoms with Crippen LogP contribution in [0.2, 0.25) is 0 Å². The van der Waals surface area contributed by atoms with E-state index in [1.807, 2.05) is 24.3 Å². The van der Waals surface area contributed by atoms with Crippen molar-refractivity contribution in [3.05, 3.63) is 63.1 Å². The van der Waals surface area contributed by atoms with Crippen LogP contribution >= 0.6 is 15.9 Å². The van der Waals surface area contributed by atoms with Crippen LogP contribution in [0.4, 0.5) is 0 Å². The van der Waals surface area contributed by atoms with E-state index in [1.165, 1.54) is 5.56 Å². The summed E-state index contributed by atoms with van der Waals surface area (Å²) in [5.74, 6) is 6.65. The first-order chi connectivity index (χ1) is 9.58. The first-order valence-corrected chi connectivity index (χ1v) is 7.23. The molecule has 0 spiro atoms. The summed E-state index contributed by atoms with van der Waals surface area (Å²) < 4.78 is 6.34. The molecule has 2 aromatic carbocycles. The number of aryl methyl sites for hydroxylation is 1. The molecule has 0 amide bonds. The van der Waals surface area contributed by atoms with Gasteiger partial charge in [0.05, 0.1) is 13.2 Å². The molecule has 106 valence electrons. The van der Waals surface area contributed by atoms with Crippen molar-refractivity contribution in [2.45, 2.75) is 19.9 Å². The summed E-state index contributed by atoms with van der Waals surface area (Å²) in [5.41, 5.74) is 7.56. The molecular weight excluding hydrogens is 316 g/mol. The van der Waals surface area contributed by atoms with Gasteiger partial charge in [0.1, 0.15) is 5.75 Å². The molecule has 1 atom stereocenters. The monoisotopic (exact) mass is 334 g/mol. The fourth-order valence-corrected chi connectivity index (χ4v) is 2.76. The molecule has 4 heteroatoms. The van der Waals surface area contributed by atoms with Gasteiger partial charge >= 0.3 is 0 Å². The SMILES string of the molecule is COc1ccc(C(NN)c2cccc(Br)c2C)c(C)c1. The van der Waals surface area contributed by atoms with Crippen LogP contribution in [0.5, 0.6) is 5.75 Å². The van der Waals surface area contributed by atoms with Gasteiger partial charge in [-0.25, -0.2) is 5.43 Å². The van der Waals surface area contributed by atoms with Gasteiger partial charge in [0.2, 0.25) is 0 Å². The molecule has 0 saturated carbocycles. The zero-order chi connectivity index (χ0) is 14.7. The summed E-state index contributed by atoms with van der Waals surface area (Å²) in [7, 11) is 1.67. The number of nitrogens with two attached hydrogens (primary N) is 1. The fourth-order valence-electron chi connectivity index (χ4n) is 2.38. The molecule has 0 heterocycles. The molecule has 1 unspecified atom stereocenters. The van der Waals surface area contributed by atoms with Crippen molar-refractivity contribution in [3.8, 4) is 5.75 Å². The third kappa shape index (κ3) is 2.87. The number of halogens is 1. The van der Waals surface area contributed by atoms with Crippen molar-refractivity contribution in [1.82, 2.24) is 5.43 Å². The highest BCUT2D eigenvalue weighted by atomic mass is 79.9. The molecule has 2 aromatic rings. The lowest BCUT2D eigenvalue weighted by atomic mass is 9.92. The normalized spacial score (nSPS) is 12.2. The van der Waals surface area contributed by atoms with E-state index in [2.05, 4.69) is 47.3 Å². The smallest absolute Gasteiger partial charge is 0.119 e. The van der Waals surface area contributed by atoms with Crippen LogP contribution in [0.25, 0.3) is 0 Å². The third-order valence-corrected chi connectivity index (χ3v) is 4.43. The molecule has 0 radical (unpaired) electrons. The minimum Gasteiger partial charge on any atom is -0.497 e. The number of hydrogen-bond acceptors (Lipinski definition) is 3. The number of hydrazine groups is 1. The molecule has 20 heavy (non-hydrogen) atoms. The lowest BCUT2D eigenvalue weighted by Crippen LogP contribution is -2.30. The largest absolute Gasteiger partial charge is 0.497 e. The first kappa shape index (κ1) is 15.0. The predicted octanol–water partition coefficient (Wildman–Crippen LogP) is 3.63. The summed E-state index contributed by atoms with van der Waals surface area (Å²) >= 11 is 3.57. The van der Waals surface area contributed by atoms with Gasteiger partial charge in [0.25, 0.3) is 0 Å². The summed E-state index contributed by atoms with van der Waals surface area (Å²) in [6.45, 7) is 4.15. The highest BCUT2D eigenvalue weighted by Gasteiger charge is 2.17. The van der Waals surface area contributed by atoms with Gasteiger partial charge in [0, 0.05) is 4.47 Å². The fraction of sp³-hybridized carbons (Fsp3) is 0.250. The minimum absolute atomic E-state index is 0.0431. The molecule has 3 nitrogen and oxygen atoms in total. The van der Waals surface area contributed by atoms with Crippen LogP contribution < -0.4 is 16.0 Å². The predicted molar refractivity (Wildman–Crippen MR) is 85.8 cm³/mol. The Morgan fingerprint density at radius 2 is 1.90 bits per heavy atom. The van der Waals surface area contributed by atoms with Gasteiger partial charge in [-0.2, -0.15) is 0 Å². The molecule has 3 N–H and O–H groups in total. The Bertz CT molecular complexity index is 613. The summed E-state index contributed by atoms with van der Waals surface area (Å²) in [6.07, 6.45) is 0. The second-order valence-corrected chi connectivity index (χ2v) is 5.63. The van der Waals surface area contributed by atoms with Crippen molar-refractivity contribution >= 4 is 15.9 Å². The molecule has 0 bridgehead atoms. The van der Waals surface area contributed by atoms with Crippen LogP contribution in [0.15, 0.2) is 40.9 Å². The number of benzene rings is 2. The number of nitrogens with one attached hydrogen (secondary N) is 1. The van der Waals surface area contributed by atoms with E-state index in [4.69, 9.17) is 10.6 Å². The number of methoxy groups -OCH3 is 1. The van der Waals surface area contributed by atoms with Gasteiger partial charge in [0.15, 0.2) is 0 Å². The molecule has 0 saturated heterocycles. The standard InChI is InChI=1S/C16H19BrN2O/c1-10-9-12(20-3)7-8-13(10)16(19-18)14-5-4-6-15(17)11(14)2/h4-9,16,19H,18H2,1-3H3. The minimum atomic E-state index is -0.0431. The maximum absolute atomic E-state index is 5.80. The average Bonchev–Trinajstić information content (AvgIpc) is 2.45.